The maximum absolute atomic E-state index is 13.0. The number of fused-ring (bicyclic) bond motifs is 1. The summed E-state index contributed by atoms with van der Waals surface area (Å²) in [5.41, 5.74) is -0.828. The number of hydrogen-bond donors (Lipinski definition) is 1. The van der Waals surface area contributed by atoms with Gasteiger partial charge in [-0.05, 0) is 24.1 Å². The molecule has 1 N–H and O–H groups in total. The van der Waals surface area contributed by atoms with Gasteiger partial charge in [0.1, 0.15) is 5.75 Å². The molecule has 1 aromatic carbocycles. The Hall–Kier alpha value is -1.54. The van der Waals surface area contributed by atoms with Crippen LogP contribution in [0.3, 0.4) is 0 Å². The fourth-order valence-electron chi connectivity index (χ4n) is 2.18. The summed E-state index contributed by atoms with van der Waals surface area (Å²) in [4.78, 5) is 11.2. The van der Waals surface area contributed by atoms with E-state index in [0.717, 1.165) is 6.08 Å². The van der Waals surface area contributed by atoms with Gasteiger partial charge in [0.15, 0.2) is 0 Å². The molecule has 1 aliphatic rings. The molecule has 0 aromatic heterocycles. The van der Waals surface area contributed by atoms with E-state index < -0.39 is 34.6 Å². The van der Waals surface area contributed by atoms with Gasteiger partial charge in [0.2, 0.25) is 6.10 Å². The Morgan fingerprint density at radius 2 is 2.04 bits per heavy atom. The Balaban J connectivity index is 2.51. The van der Waals surface area contributed by atoms with Gasteiger partial charge in [0.25, 0.3) is 0 Å². The summed E-state index contributed by atoms with van der Waals surface area (Å²) in [6.07, 6.45) is -6.60. The minimum atomic E-state index is -4.89. The second kappa shape index (κ2) is 6.76. The number of carbonyl (C=O) groups is 1. The second-order valence-corrected chi connectivity index (χ2v) is 7.54. The van der Waals surface area contributed by atoms with Gasteiger partial charge < -0.3 is 9.84 Å². The van der Waals surface area contributed by atoms with Gasteiger partial charge in [-0.2, -0.15) is 13.2 Å². The molecule has 0 aliphatic carbocycles. The molecule has 1 aromatic rings. The zero-order valence-corrected chi connectivity index (χ0v) is 14.3. The average molecular weight is 383 g/mol. The Labute approximate surface area is 143 Å². The number of alkyl halides is 3. The summed E-state index contributed by atoms with van der Waals surface area (Å²) >= 11 is 6.05. The molecular formula is C15H14ClF3O4S. The number of benzene rings is 1. The standard InChI is InChI=1S/C15H14ClF3O4S/c1-7(2)6-24(22)12-5-11-8(4-10(12)16)3-9(14(20)21)13(23-11)15(17,18)19/h3-5,7,13H,6H2,1-2H3,(H,20,21). The molecule has 0 spiro atoms. The fraction of sp³-hybridized carbons (Fsp3) is 0.400. The zero-order chi connectivity index (χ0) is 18.2. The predicted octanol–water partition coefficient (Wildman–Crippen LogP) is 3.89. The van der Waals surface area contributed by atoms with Crippen LogP contribution in [-0.2, 0) is 15.6 Å². The highest BCUT2D eigenvalue weighted by molar-refractivity contribution is 7.85. The van der Waals surface area contributed by atoms with Crippen LogP contribution >= 0.6 is 11.6 Å². The molecule has 0 fully saturated rings. The SMILES string of the molecule is CC(C)CS(=O)c1cc2c(cc1Cl)C=C(C(=O)O)C(C(F)(F)F)O2. The highest BCUT2D eigenvalue weighted by atomic mass is 35.5. The molecule has 2 atom stereocenters. The molecule has 0 radical (unpaired) electrons. The first kappa shape index (κ1) is 18.8. The second-order valence-electron chi connectivity index (χ2n) is 5.67. The van der Waals surface area contributed by atoms with Crippen molar-refractivity contribution in [2.75, 3.05) is 5.75 Å². The monoisotopic (exact) mass is 382 g/mol. The van der Waals surface area contributed by atoms with E-state index in [-0.39, 0.29) is 32.9 Å². The van der Waals surface area contributed by atoms with E-state index in [4.69, 9.17) is 21.4 Å². The molecular weight excluding hydrogens is 369 g/mol. The van der Waals surface area contributed by atoms with E-state index in [1.807, 2.05) is 13.8 Å². The zero-order valence-electron chi connectivity index (χ0n) is 12.7. The van der Waals surface area contributed by atoms with Crippen molar-refractivity contribution < 1.29 is 32.0 Å². The van der Waals surface area contributed by atoms with Crippen molar-refractivity contribution in [1.29, 1.82) is 0 Å². The van der Waals surface area contributed by atoms with Gasteiger partial charge >= 0.3 is 12.1 Å². The largest absolute Gasteiger partial charge is 0.478 e. The third kappa shape index (κ3) is 3.92. The first-order valence-electron chi connectivity index (χ1n) is 6.91. The summed E-state index contributed by atoms with van der Waals surface area (Å²) in [6.45, 7) is 3.70. The molecule has 2 unspecified atom stereocenters. The summed E-state index contributed by atoms with van der Waals surface area (Å²) in [5, 5.41) is 9.06. The van der Waals surface area contributed by atoms with Gasteiger partial charge in [-0.3, -0.25) is 4.21 Å². The van der Waals surface area contributed by atoms with E-state index >= 15 is 0 Å². The van der Waals surface area contributed by atoms with Crippen LogP contribution in [0, 0.1) is 5.92 Å². The molecule has 0 bridgehead atoms. The van der Waals surface area contributed by atoms with Crippen LogP contribution in [0.5, 0.6) is 5.75 Å². The lowest BCUT2D eigenvalue weighted by Gasteiger charge is -2.27. The van der Waals surface area contributed by atoms with Crippen molar-refractivity contribution in [3.8, 4) is 5.75 Å². The van der Waals surface area contributed by atoms with E-state index in [1.165, 1.54) is 12.1 Å². The van der Waals surface area contributed by atoms with Crippen molar-refractivity contribution in [3.05, 3.63) is 28.3 Å². The summed E-state index contributed by atoms with van der Waals surface area (Å²) < 4.78 is 56.2. The minimum absolute atomic E-state index is 0.0859. The number of carboxylic acid groups (broad SMARTS) is 1. The Morgan fingerprint density at radius 3 is 2.54 bits per heavy atom. The number of aliphatic carboxylic acids is 1. The molecule has 2 rings (SSSR count). The smallest absolute Gasteiger partial charge is 0.430 e. The first-order valence-corrected chi connectivity index (χ1v) is 8.60. The van der Waals surface area contributed by atoms with Crippen LogP contribution < -0.4 is 4.74 Å². The molecule has 0 saturated carbocycles. The lowest BCUT2D eigenvalue weighted by molar-refractivity contribution is -0.187. The molecule has 1 aliphatic heterocycles. The maximum atomic E-state index is 13.0. The number of halogens is 4. The van der Waals surface area contributed by atoms with Crippen molar-refractivity contribution in [3.63, 3.8) is 0 Å². The third-order valence-corrected chi connectivity index (χ3v) is 5.40. The third-order valence-electron chi connectivity index (χ3n) is 3.18. The van der Waals surface area contributed by atoms with Gasteiger partial charge in [-0.15, -0.1) is 0 Å². The van der Waals surface area contributed by atoms with Crippen LogP contribution in [0.2, 0.25) is 5.02 Å². The predicted molar refractivity (Wildman–Crippen MR) is 83.6 cm³/mol. The first-order chi connectivity index (χ1) is 11.0. The summed E-state index contributed by atoms with van der Waals surface area (Å²) in [5.74, 6) is -1.54. The highest BCUT2D eigenvalue weighted by Crippen LogP contribution is 2.40. The van der Waals surface area contributed by atoms with E-state index in [2.05, 4.69) is 0 Å². The fourth-order valence-corrected chi connectivity index (χ4v) is 3.91. The quantitative estimate of drug-likeness (QED) is 0.858. The normalized spacial score (nSPS) is 18.6. The Bertz CT molecular complexity index is 728. The number of ether oxygens (including phenoxy) is 1. The summed E-state index contributed by atoms with van der Waals surface area (Å²) in [6, 6.07) is 2.45. The number of hydrogen-bond acceptors (Lipinski definition) is 3. The van der Waals surface area contributed by atoms with Crippen LogP contribution in [-0.4, -0.2) is 33.3 Å². The van der Waals surface area contributed by atoms with E-state index in [9.17, 15) is 22.2 Å². The van der Waals surface area contributed by atoms with Crippen molar-refractivity contribution in [2.45, 2.75) is 31.0 Å². The van der Waals surface area contributed by atoms with Crippen LogP contribution in [0.15, 0.2) is 22.6 Å². The van der Waals surface area contributed by atoms with E-state index in [1.54, 1.807) is 0 Å². The topological polar surface area (TPSA) is 63.6 Å². The summed E-state index contributed by atoms with van der Waals surface area (Å²) in [7, 11) is -1.50. The van der Waals surface area contributed by atoms with Crippen LogP contribution in [0.4, 0.5) is 13.2 Å². The number of rotatable bonds is 4. The van der Waals surface area contributed by atoms with Crippen LogP contribution in [0.25, 0.3) is 6.08 Å². The molecule has 9 heteroatoms. The van der Waals surface area contributed by atoms with Gasteiger partial charge in [-0.1, -0.05) is 25.4 Å². The highest BCUT2D eigenvalue weighted by Gasteiger charge is 2.48. The lowest BCUT2D eigenvalue weighted by atomic mass is 10.0. The van der Waals surface area contributed by atoms with Crippen molar-refractivity contribution in [2.24, 2.45) is 5.92 Å². The van der Waals surface area contributed by atoms with E-state index in [0.29, 0.717) is 0 Å². The average Bonchev–Trinajstić information content (AvgIpc) is 2.43. The molecule has 0 saturated heterocycles. The van der Waals surface area contributed by atoms with Crippen LogP contribution in [0.1, 0.15) is 19.4 Å². The molecule has 24 heavy (non-hydrogen) atoms. The minimum Gasteiger partial charge on any atom is -0.478 e. The molecule has 132 valence electrons. The van der Waals surface area contributed by atoms with Crippen molar-refractivity contribution in [1.82, 2.24) is 0 Å². The molecule has 4 nitrogen and oxygen atoms in total. The van der Waals surface area contributed by atoms with Gasteiger partial charge in [0.05, 0.1) is 26.3 Å². The van der Waals surface area contributed by atoms with Gasteiger partial charge in [0, 0.05) is 11.3 Å². The molecule has 1 heterocycles. The lowest BCUT2D eigenvalue weighted by Crippen LogP contribution is -2.40. The Kier molecular flexibility index (Phi) is 5.29. The Morgan fingerprint density at radius 1 is 1.42 bits per heavy atom. The maximum Gasteiger partial charge on any atom is 0.430 e. The van der Waals surface area contributed by atoms with Crippen molar-refractivity contribution >= 4 is 34.4 Å². The number of carboxylic acids is 1. The van der Waals surface area contributed by atoms with Gasteiger partial charge in [-0.25, -0.2) is 4.79 Å². The molecule has 0 amide bonds.